The van der Waals surface area contributed by atoms with Gasteiger partial charge >= 0.3 is 5.97 Å². The second-order valence-electron chi connectivity index (χ2n) is 13.3. The van der Waals surface area contributed by atoms with Gasteiger partial charge in [-0.05, 0) is 89.5 Å². The summed E-state index contributed by atoms with van der Waals surface area (Å²) in [4.78, 5) is 26.4. The maximum atomic E-state index is 12.6. The molecule has 0 aliphatic heterocycles. The van der Waals surface area contributed by atoms with Gasteiger partial charge in [-0.1, -0.05) is 66.7 Å². The van der Waals surface area contributed by atoms with E-state index in [9.17, 15) is 9.59 Å². The zero-order chi connectivity index (χ0) is 29.2. The number of carboxylic acid groups (broad SMARTS) is 1. The highest BCUT2D eigenvalue weighted by atomic mass is 32.2. The molecular weight excluding hydrogens is 523 g/mol. The van der Waals surface area contributed by atoms with Crippen LogP contribution >= 0.6 is 23.1 Å². The molecule has 1 heterocycles. The van der Waals surface area contributed by atoms with Crippen molar-refractivity contribution in [3.63, 3.8) is 0 Å². The number of aliphatic carboxylic acids is 1. The van der Waals surface area contributed by atoms with Crippen molar-refractivity contribution in [1.29, 1.82) is 0 Å². The Hall–Kier alpha value is -2.31. The molecular formula is C33H45NO3S2. The number of rotatable bonds is 9. The van der Waals surface area contributed by atoms with Gasteiger partial charge in [-0.25, -0.2) is 0 Å². The van der Waals surface area contributed by atoms with Crippen molar-refractivity contribution in [2.75, 3.05) is 6.54 Å². The molecule has 2 aromatic rings. The summed E-state index contributed by atoms with van der Waals surface area (Å²) in [5.41, 5.74) is 5.69. The van der Waals surface area contributed by atoms with Crippen LogP contribution in [-0.2, 0) is 4.79 Å². The summed E-state index contributed by atoms with van der Waals surface area (Å²) < 4.78 is 0. The first-order chi connectivity index (χ1) is 18.0. The van der Waals surface area contributed by atoms with E-state index in [1.165, 1.54) is 38.5 Å². The van der Waals surface area contributed by atoms with Crippen LogP contribution in [0.25, 0.3) is 5.57 Å². The van der Waals surface area contributed by atoms with E-state index >= 15 is 0 Å². The van der Waals surface area contributed by atoms with E-state index in [1.807, 2.05) is 17.8 Å². The molecule has 39 heavy (non-hydrogen) atoms. The predicted octanol–water partition coefficient (Wildman–Crippen LogP) is 9.23. The Kier molecular flexibility index (Phi) is 9.65. The number of carboxylic acids is 1. The van der Waals surface area contributed by atoms with Crippen LogP contribution in [0.2, 0.25) is 0 Å². The number of aryl methyl sites for hydroxylation is 2. The fourth-order valence-electron chi connectivity index (χ4n) is 4.86. The maximum Gasteiger partial charge on any atom is 0.305 e. The highest BCUT2D eigenvalue weighted by Gasteiger charge is 2.35. The molecule has 2 N–H and O–H groups in total. The average Bonchev–Trinajstić information content (AvgIpc) is 3.28. The van der Waals surface area contributed by atoms with E-state index in [0.29, 0.717) is 4.88 Å². The first kappa shape index (κ1) is 31.2. The molecule has 0 spiro atoms. The summed E-state index contributed by atoms with van der Waals surface area (Å²) in [6.45, 7) is 20.6. The van der Waals surface area contributed by atoms with Gasteiger partial charge in [-0.2, -0.15) is 0 Å². The van der Waals surface area contributed by atoms with Gasteiger partial charge in [0.2, 0.25) is 0 Å². The van der Waals surface area contributed by atoms with E-state index in [-0.39, 0.29) is 40.4 Å². The molecule has 3 rings (SSSR count). The summed E-state index contributed by atoms with van der Waals surface area (Å²) in [6.07, 6.45) is 9.05. The number of carbonyl (C=O) groups is 2. The van der Waals surface area contributed by atoms with Crippen LogP contribution in [0.3, 0.4) is 0 Å². The van der Waals surface area contributed by atoms with E-state index in [2.05, 4.69) is 104 Å². The quantitative estimate of drug-likeness (QED) is 0.296. The van der Waals surface area contributed by atoms with Crippen molar-refractivity contribution >= 4 is 40.5 Å². The third-order valence-corrected chi connectivity index (χ3v) is 10.3. The lowest BCUT2D eigenvalue weighted by Crippen LogP contribution is -2.31. The van der Waals surface area contributed by atoms with Crippen molar-refractivity contribution in [3.05, 3.63) is 68.9 Å². The Morgan fingerprint density at radius 2 is 1.74 bits per heavy atom. The van der Waals surface area contributed by atoms with Gasteiger partial charge in [-0.3, -0.25) is 9.59 Å². The van der Waals surface area contributed by atoms with Crippen molar-refractivity contribution in [2.45, 2.75) is 91.7 Å². The lowest BCUT2D eigenvalue weighted by molar-refractivity contribution is -0.136. The second-order valence-corrected chi connectivity index (χ2v) is 15.7. The van der Waals surface area contributed by atoms with Crippen LogP contribution in [0.4, 0.5) is 0 Å². The molecule has 1 aliphatic carbocycles. The van der Waals surface area contributed by atoms with Gasteiger partial charge in [0.05, 0.1) is 11.3 Å². The molecule has 0 saturated carbocycles. The van der Waals surface area contributed by atoms with Crippen LogP contribution in [0.15, 0.2) is 47.4 Å². The van der Waals surface area contributed by atoms with Crippen LogP contribution < -0.4 is 5.32 Å². The van der Waals surface area contributed by atoms with Crippen molar-refractivity contribution < 1.29 is 14.7 Å². The number of benzene rings is 1. The minimum Gasteiger partial charge on any atom is -0.481 e. The average molecular weight is 568 g/mol. The summed E-state index contributed by atoms with van der Waals surface area (Å²) >= 11 is 3.37. The fraction of sp³-hybridized carbons (Fsp3) is 0.515. The van der Waals surface area contributed by atoms with Gasteiger partial charge < -0.3 is 10.4 Å². The molecule has 1 aromatic carbocycles. The largest absolute Gasteiger partial charge is 0.481 e. The van der Waals surface area contributed by atoms with Crippen LogP contribution in [0.1, 0.15) is 104 Å². The fourth-order valence-corrected chi connectivity index (χ4v) is 7.65. The smallest absolute Gasteiger partial charge is 0.305 e. The Bertz CT molecular complexity index is 1250. The number of hydrogen-bond acceptors (Lipinski definition) is 4. The monoisotopic (exact) mass is 567 g/mol. The summed E-state index contributed by atoms with van der Waals surface area (Å²) in [6, 6.07) is 8.53. The Labute approximate surface area is 243 Å². The molecule has 1 aliphatic rings. The van der Waals surface area contributed by atoms with Crippen LogP contribution in [0, 0.1) is 30.1 Å². The molecule has 1 aromatic heterocycles. The number of allylic oxidation sites excluding steroid dienone is 4. The van der Waals surface area contributed by atoms with E-state index in [4.69, 9.17) is 5.11 Å². The lowest BCUT2D eigenvalue weighted by atomic mass is 9.64. The van der Waals surface area contributed by atoms with Gasteiger partial charge in [0.15, 0.2) is 0 Å². The van der Waals surface area contributed by atoms with Gasteiger partial charge in [0.25, 0.3) is 5.91 Å². The molecule has 0 fully saturated rings. The number of nitrogens with one attached hydrogen (secondary N) is 1. The highest BCUT2D eigenvalue weighted by molar-refractivity contribution is 7.99. The van der Waals surface area contributed by atoms with Gasteiger partial charge in [-0.15, -0.1) is 23.1 Å². The molecule has 0 bridgehead atoms. The zero-order valence-electron chi connectivity index (χ0n) is 25.0. The first-order valence-corrected chi connectivity index (χ1v) is 15.5. The molecule has 0 radical (unpaired) electrons. The molecule has 4 nitrogen and oxygen atoms in total. The minimum atomic E-state index is -0.917. The third kappa shape index (κ3) is 8.11. The summed E-state index contributed by atoms with van der Waals surface area (Å²) in [7, 11) is 0. The molecule has 2 atom stereocenters. The standard InChI is InChI=1S/C33H45NO3S2/c1-21-18-24(19-22(2)29(21)23-12-15-33(9,16-13-23)32(6,7)8)38-27(20-31(3,4)5)25-10-11-26(39-25)30(37)34-17-14-28(35)36/h10-13,15,18-19,27H,14,16-17,20H2,1-9H3,(H,34,37)(H,35,36). The van der Waals surface area contributed by atoms with Gasteiger partial charge in [0.1, 0.15) is 0 Å². The number of thioether (sulfide) groups is 1. The van der Waals surface area contributed by atoms with Crippen molar-refractivity contribution in [1.82, 2.24) is 5.32 Å². The number of thiophene rings is 1. The highest BCUT2D eigenvalue weighted by Crippen LogP contribution is 2.48. The van der Waals surface area contributed by atoms with Crippen LogP contribution in [0.5, 0.6) is 0 Å². The second kappa shape index (κ2) is 12.1. The Balaban J connectivity index is 1.83. The summed E-state index contributed by atoms with van der Waals surface area (Å²) in [5.74, 6) is -1.13. The molecule has 0 saturated heterocycles. The van der Waals surface area contributed by atoms with Crippen molar-refractivity contribution in [2.24, 2.45) is 16.2 Å². The molecule has 212 valence electrons. The Morgan fingerprint density at radius 1 is 1.10 bits per heavy atom. The lowest BCUT2D eigenvalue weighted by Gasteiger charge is -2.41. The topological polar surface area (TPSA) is 66.4 Å². The first-order valence-electron chi connectivity index (χ1n) is 13.8. The summed E-state index contributed by atoms with van der Waals surface area (Å²) in [5, 5.41) is 11.8. The SMILES string of the molecule is Cc1cc(SC(CC(C)(C)C)c2ccc(C(=O)NCCC(=O)O)s2)cc(C)c1C1=CCC(C)(C(C)(C)C)C=C1. The van der Waals surface area contributed by atoms with E-state index < -0.39 is 5.97 Å². The number of hydrogen-bond donors (Lipinski definition) is 2. The maximum absolute atomic E-state index is 12.6. The zero-order valence-corrected chi connectivity index (χ0v) is 26.7. The number of amides is 1. The van der Waals surface area contributed by atoms with Gasteiger partial charge in [0, 0.05) is 21.6 Å². The van der Waals surface area contributed by atoms with E-state index in [1.54, 1.807) is 0 Å². The predicted molar refractivity (Wildman–Crippen MR) is 167 cm³/mol. The molecule has 1 amide bonds. The van der Waals surface area contributed by atoms with E-state index in [0.717, 1.165) is 17.7 Å². The molecule has 6 heteroatoms. The van der Waals surface area contributed by atoms with Crippen LogP contribution in [-0.4, -0.2) is 23.5 Å². The third-order valence-electron chi connectivity index (χ3n) is 7.75. The normalized spacial score (nSPS) is 18.5. The molecule has 2 unspecified atom stereocenters. The Morgan fingerprint density at radius 3 is 2.26 bits per heavy atom. The minimum absolute atomic E-state index is 0.0796. The number of carbonyl (C=O) groups excluding carboxylic acids is 1. The van der Waals surface area contributed by atoms with Crippen molar-refractivity contribution in [3.8, 4) is 0 Å².